The molecule has 0 fully saturated rings. The quantitative estimate of drug-likeness (QED) is 0.729. The second-order valence-corrected chi connectivity index (χ2v) is 4.03. The third kappa shape index (κ3) is 3.37. The van der Waals surface area contributed by atoms with Crippen LogP contribution in [0.25, 0.3) is 0 Å². The van der Waals surface area contributed by atoms with Crippen LogP contribution in [0.5, 0.6) is 5.75 Å². The van der Waals surface area contributed by atoms with Gasteiger partial charge < -0.3 is 10.5 Å². The Balaban J connectivity index is 1.90. The molecule has 3 N–H and O–H groups in total. The van der Waals surface area contributed by atoms with Crippen LogP contribution in [0.2, 0.25) is 5.02 Å². The molecule has 0 aliphatic rings. The summed E-state index contributed by atoms with van der Waals surface area (Å²) in [7, 11) is 0. The molecule has 0 saturated heterocycles. The number of nitrogens with one attached hydrogen (secondary N) is 2. The summed E-state index contributed by atoms with van der Waals surface area (Å²) >= 11 is 5.98. The first-order valence-electron chi connectivity index (χ1n) is 5.27. The molecule has 2 aromatic rings. The minimum Gasteiger partial charge on any atom is -0.508 e. The van der Waals surface area contributed by atoms with Gasteiger partial charge in [-0.2, -0.15) is 0 Å². The largest absolute Gasteiger partial charge is 0.508 e. The number of hydrazine groups is 1. The van der Waals surface area contributed by atoms with Crippen LogP contribution in [0.15, 0.2) is 48.5 Å². The predicted molar refractivity (Wildman–Crippen MR) is 70.0 cm³/mol. The number of hydrogen-bond acceptors (Lipinski definition) is 3. The number of phenolic OH excluding ortho intramolecular Hbond substituents is 1. The average molecular weight is 249 g/mol. The van der Waals surface area contributed by atoms with E-state index in [1.54, 1.807) is 12.1 Å². The van der Waals surface area contributed by atoms with Gasteiger partial charge in [0.1, 0.15) is 5.75 Å². The Bertz CT molecular complexity index is 488. The van der Waals surface area contributed by atoms with E-state index >= 15 is 0 Å². The summed E-state index contributed by atoms with van der Waals surface area (Å²) in [5.74, 6) is 0.176. The summed E-state index contributed by atoms with van der Waals surface area (Å²) in [5, 5.41) is 9.77. The topological polar surface area (TPSA) is 44.3 Å². The molecular weight excluding hydrogens is 236 g/mol. The maximum Gasteiger partial charge on any atom is 0.117 e. The number of aromatic hydroxyl groups is 1. The lowest BCUT2D eigenvalue weighted by Gasteiger charge is -2.09. The molecule has 0 spiro atoms. The van der Waals surface area contributed by atoms with E-state index in [-0.39, 0.29) is 5.75 Å². The number of para-hydroxylation sites is 1. The molecule has 3 nitrogen and oxygen atoms in total. The molecule has 4 heteroatoms. The number of halogens is 1. The highest BCUT2D eigenvalue weighted by molar-refractivity contribution is 6.31. The van der Waals surface area contributed by atoms with Crippen molar-refractivity contribution in [3.05, 3.63) is 59.1 Å². The van der Waals surface area contributed by atoms with E-state index in [0.717, 1.165) is 11.3 Å². The summed E-state index contributed by atoms with van der Waals surface area (Å²) in [6.45, 7) is 0.577. The zero-order valence-electron chi connectivity index (χ0n) is 9.15. The van der Waals surface area contributed by atoms with Crippen molar-refractivity contribution >= 4 is 17.3 Å². The van der Waals surface area contributed by atoms with Crippen LogP contribution >= 0.6 is 11.6 Å². The normalized spacial score (nSPS) is 10.2. The van der Waals surface area contributed by atoms with Crippen molar-refractivity contribution < 1.29 is 5.11 Å². The van der Waals surface area contributed by atoms with Crippen molar-refractivity contribution in [2.75, 3.05) is 5.43 Å². The number of benzene rings is 2. The Kier molecular flexibility index (Phi) is 3.85. The lowest BCUT2D eigenvalue weighted by Crippen LogP contribution is -2.20. The van der Waals surface area contributed by atoms with Crippen LogP contribution in [0.4, 0.5) is 5.69 Å². The first-order valence-corrected chi connectivity index (χ1v) is 5.65. The van der Waals surface area contributed by atoms with Crippen LogP contribution in [0.3, 0.4) is 0 Å². The van der Waals surface area contributed by atoms with Crippen molar-refractivity contribution in [1.82, 2.24) is 5.43 Å². The van der Waals surface area contributed by atoms with Crippen LogP contribution < -0.4 is 10.9 Å². The van der Waals surface area contributed by atoms with Gasteiger partial charge in [-0.3, -0.25) is 0 Å². The average Bonchev–Trinajstić information content (AvgIpc) is 2.33. The van der Waals surface area contributed by atoms with Gasteiger partial charge in [-0.05, 0) is 29.8 Å². The number of hydrogen-bond donors (Lipinski definition) is 3. The predicted octanol–water partition coefficient (Wildman–Crippen LogP) is 3.16. The molecule has 0 bridgehead atoms. The SMILES string of the molecule is Oc1ccc(CNNc2ccccc2)c(Cl)c1. The Morgan fingerprint density at radius 3 is 2.53 bits per heavy atom. The van der Waals surface area contributed by atoms with E-state index in [1.807, 2.05) is 30.3 Å². The van der Waals surface area contributed by atoms with Gasteiger partial charge in [-0.25, -0.2) is 5.43 Å². The highest BCUT2D eigenvalue weighted by Gasteiger charge is 2.00. The third-order valence-electron chi connectivity index (χ3n) is 2.32. The molecule has 0 saturated carbocycles. The molecule has 2 rings (SSSR count). The lowest BCUT2D eigenvalue weighted by atomic mass is 10.2. The van der Waals surface area contributed by atoms with Gasteiger partial charge >= 0.3 is 0 Å². The van der Waals surface area contributed by atoms with Crippen LogP contribution in [0.1, 0.15) is 5.56 Å². The van der Waals surface area contributed by atoms with Gasteiger partial charge in [0.2, 0.25) is 0 Å². The second kappa shape index (κ2) is 5.57. The van der Waals surface area contributed by atoms with E-state index in [0.29, 0.717) is 11.6 Å². The van der Waals surface area contributed by atoms with E-state index in [9.17, 15) is 5.11 Å². The van der Waals surface area contributed by atoms with Crippen molar-refractivity contribution in [3.63, 3.8) is 0 Å². The first kappa shape index (κ1) is 11.8. The number of anilines is 1. The van der Waals surface area contributed by atoms with Crippen molar-refractivity contribution in [3.8, 4) is 5.75 Å². The fraction of sp³-hybridized carbons (Fsp3) is 0.0769. The molecular formula is C13H13ClN2O. The number of rotatable bonds is 4. The maximum absolute atomic E-state index is 9.22. The Morgan fingerprint density at radius 1 is 1.06 bits per heavy atom. The van der Waals surface area contributed by atoms with Gasteiger partial charge in [0.25, 0.3) is 0 Å². The monoisotopic (exact) mass is 248 g/mol. The van der Waals surface area contributed by atoms with E-state index in [1.165, 1.54) is 6.07 Å². The number of phenols is 1. The smallest absolute Gasteiger partial charge is 0.117 e. The molecule has 0 amide bonds. The molecule has 2 aromatic carbocycles. The summed E-state index contributed by atoms with van der Waals surface area (Å²) in [4.78, 5) is 0. The zero-order chi connectivity index (χ0) is 12.1. The highest BCUT2D eigenvalue weighted by atomic mass is 35.5. The van der Waals surface area contributed by atoms with Crippen molar-refractivity contribution in [2.24, 2.45) is 0 Å². The molecule has 0 aliphatic carbocycles. The molecule has 88 valence electrons. The van der Waals surface area contributed by atoms with Gasteiger partial charge in [0.15, 0.2) is 0 Å². The van der Waals surface area contributed by atoms with Gasteiger partial charge in [0.05, 0.1) is 0 Å². The molecule has 17 heavy (non-hydrogen) atoms. The maximum atomic E-state index is 9.22. The Hall–Kier alpha value is -1.71. The fourth-order valence-electron chi connectivity index (χ4n) is 1.44. The molecule has 0 unspecified atom stereocenters. The minimum atomic E-state index is 0.176. The Morgan fingerprint density at radius 2 is 1.82 bits per heavy atom. The summed E-state index contributed by atoms with van der Waals surface area (Å²) in [5.41, 5.74) is 8.04. The zero-order valence-corrected chi connectivity index (χ0v) is 9.91. The molecule has 0 aliphatic heterocycles. The molecule has 0 aromatic heterocycles. The summed E-state index contributed by atoms with van der Waals surface area (Å²) < 4.78 is 0. The van der Waals surface area contributed by atoms with E-state index in [2.05, 4.69) is 10.9 Å². The molecule has 0 radical (unpaired) electrons. The van der Waals surface area contributed by atoms with Gasteiger partial charge in [0, 0.05) is 17.3 Å². The molecule has 0 heterocycles. The second-order valence-electron chi connectivity index (χ2n) is 3.62. The van der Waals surface area contributed by atoms with Gasteiger partial charge in [-0.1, -0.05) is 35.9 Å². The first-order chi connectivity index (χ1) is 8.25. The van der Waals surface area contributed by atoms with Crippen LogP contribution in [0, 0.1) is 0 Å². The van der Waals surface area contributed by atoms with E-state index in [4.69, 9.17) is 11.6 Å². The highest BCUT2D eigenvalue weighted by Crippen LogP contribution is 2.21. The van der Waals surface area contributed by atoms with Crippen LogP contribution in [-0.2, 0) is 6.54 Å². The lowest BCUT2D eigenvalue weighted by molar-refractivity contribution is 0.475. The summed E-state index contributed by atoms with van der Waals surface area (Å²) in [6, 6.07) is 14.7. The van der Waals surface area contributed by atoms with Crippen molar-refractivity contribution in [2.45, 2.75) is 6.54 Å². The van der Waals surface area contributed by atoms with Crippen molar-refractivity contribution in [1.29, 1.82) is 0 Å². The summed E-state index contributed by atoms with van der Waals surface area (Å²) in [6.07, 6.45) is 0. The molecule has 0 atom stereocenters. The van der Waals surface area contributed by atoms with E-state index < -0.39 is 0 Å². The minimum absolute atomic E-state index is 0.176. The Labute approximate surface area is 105 Å². The third-order valence-corrected chi connectivity index (χ3v) is 2.67. The standard InChI is InChI=1S/C13H13ClN2O/c14-13-8-12(17)7-6-10(13)9-15-16-11-4-2-1-3-5-11/h1-8,15-17H,9H2. The van der Waals surface area contributed by atoms with Gasteiger partial charge in [-0.15, -0.1) is 0 Å². The van der Waals surface area contributed by atoms with Crippen LogP contribution in [-0.4, -0.2) is 5.11 Å². The fourth-order valence-corrected chi connectivity index (χ4v) is 1.68.